The van der Waals surface area contributed by atoms with Gasteiger partial charge in [-0.15, -0.1) is 0 Å². The van der Waals surface area contributed by atoms with E-state index in [0.29, 0.717) is 16.0 Å². The molecule has 0 fully saturated rings. The van der Waals surface area contributed by atoms with Crippen molar-refractivity contribution in [2.75, 3.05) is 5.32 Å². The molecule has 0 spiro atoms. The lowest BCUT2D eigenvalue weighted by Gasteiger charge is -2.06. The van der Waals surface area contributed by atoms with Crippen molar-refractivity contribution >= 4 is 43.5 Å². The summed E-state index contributed by atoms with van der Waals surface area (Å²) in [6, 6.07) is 11.2. The second-order valence-corrected chi connectivity index (χ2v) is 7.22. The maximum Gasteiger partial charge on any atom is 0.261 e. The molecule has 7 heteroatoms. The molecule has 0 aliphatic heterocycles. The number of thiazole rings is 1. The first-order valence-corrected chi connectivity index (χ1v) is 8.95. The number of nitrogens with one attached hydrogen (secondary N) is 1. The lowest BCUT2D eigenvalue weighted by atomic mass is 10.1. The van der Waals surface area contributed by atoms with Gasteiger partial charge in [-0.1, -0.05) is 29.5 Å². The number of hydrogen-bond donors (Lipinski definition) is 1. The Morgan fingerprint density at radius 2 is 2.04 bits per heavy atom. The van der Waals surface area contributed by atoms with E-state index in [2.05, 4.69) is 21.4 Å². The molecular formula is C19H16N4O2S. The third-order valence-corrected chi connectivity index (χ3v) is 5.04. The molecule has 0 atom stereocenters. The van der Waals surface area contributed by atoms with Gasteiger partial charge in [0.1, 0.15) is 6.54 Å². The van der Waals surface area contributed by atoms with E-state index >= 15 is 0 Å². The number of aromatic nitrogens is 3. The van der Waals surface area contributed by atoms with Crippen LogP contribution in [0, 0.1) is 13.8 Å². The lowest BCUT2D eigenvalue weighted by molar-refractivity contribution is -0.116. The molecule has 1 N–H and O–H groups in total. The normalized spacial score (nSPS) is 11.2. The molecule has 0 saturated heterocycles. The zero-order chi connectivity index (χ0) is 18.3. The average Bonchev–Trinajstić information content (AvgIpc) is 3.00. The van der Waals surface area contributed by atoms with Crippen LogP contribution < -0.4 is 10.9 Å². The Balaban J connectivity index is 1.59. The van der Waals surface area contributed by atoms with Gasteiger partial charge in [0.25, 0.3) is 5.56 Å². The zero-order valence-electron chi connectivity index (χ0n) is 14.3. The van der Waals surface area contributed by atoms with Crippen molar-refractivity contribution in [1.82, 2.24) is 14.5 Å². The summed E-state index contributed by atoms with van der Waals surface area (Å²) >= 11 is 1.43. The van der Waals surface area contributed by atoms with Gasteiger partial charge in [-0.05, 0) is 43.2 Å². The van der Waals surface area contributed by atoms with Gasteiger partial charge in [-0.25, -0.2) is 9.97 Å². The molecule has 4 rings (SSSR count). The number of hydrogen-bond acceptors (Lipinski definition) is 5. The number of carbonyl (C=O) groups excluding carboxylic acids is 1. The van der Waals surface area contributed by atoms with Crippen LogP contribution in [-0.2, 0) is 11.3 Å². The fraction of sp³-hybridized carbons (Fsp3) is 0.158. The van der Waals surface area contributed by atoms with Crippen molar-refractivity contribution in [2.45, 2.75) is 20.4 Å². The van der Waals surface area contributed by atoms with Crippen LogP contribution >= 0.6 is 11.3 Å². The number of anilines is 1. The number of benzene rings is 2. The Hall–Kier alpha value is -3.06. The molecule has 2 heterocycles. The van der Waals surface area contributed by atoms with Crippen molar-refractivity contribution in [1.29, 1.82) is 0 Å². The van der Waals surface area contributed by atoms with Crippen molar-refractivity contribution in [3.05, 3.63) is 64.2 Å². The third-order valence-electron chi connectivity index (χ3n) is 4.12. The Morgan fingerprint density at radius 3 is 2.88 bits per heavy atom. The number of amides is 1. The van der Waals surface area contributed by atoms with E-state index in [0.717, 1.165) is 21.3 Å². The molecule has 0 radical (unpaired) electrons. The van der Waals surface area contributed by atoms with E-state index in [-0.39, 0.29) is 18.0 Å². The van der Waals surface area contributed by atoms with E-state index in [1.807, 2.05) is 26.0 Å². The van der Waals surface area contributed by atoms with Crippen LogP contribution in [0.1, 0.15) is 11.1 Å². The van der Waals surface area contributed by atoms with Gasteiger partial charge in [0.15, 0.2) is 5.13 Å². The largest absolute Gasteiger partial charge is 0.300 e. The molecule has 6 nitrogen and oxygen atoms in total. The molecule has 2 aromatic heterocycles. The van der Waals surface area contributed by atoms with E-state index in [1.165, 1.54) is 22.2 Å². The second kappa shape index (κ2) is 6.34. The summed E-state index contributed by atoms with van der Waals surface area (Å²) in [4.78, 5) is 33.6. The van der Waals surface area contributed by atoms with Crippen LogP contribution in [0.5, 0.6) is 0 Å². The highest BCUT2D eigenvalue weighted by Crippen LogP contribution is 2.29. The smallest absolute Gasteiger partial charge is 0.261 e. The summed E-state index contributed by atoms with van der Waals surface area (Å²) in [5.41, 5.74) is 3.50. The molecule has 1 amide bonds. The van der Waals surface area contributed by atoms with Crippen LogP contribution in [0.2, 0.25) is 0 Å². The summed E-state index contributed by atoms with van der Waals surface area (Å²) < 4.78 is 2.34. The van der Waals surface area contributed by atoms with Gasteiger partial charge in [0, 0.05) is 0 Å². The monoisotopic (exact) mass is 364 g/mol. The van der Waals surface area contributed by atoms with Crippen LogP contribution in [0.25, 0.3) is 21.1 Å². The minimum atomic E-state index is -0.308. The molecule has 130 valence electrons. The van der Waals surface area contributed by atoms with E-state index in [4.69, 9.17) is 0 Å². The quantitative estimate of drug-likeness (QED) is 0.605. The summed E-state index contributed by atoms with van der Waals surface area (Å²) in [6.07, 6.45) is 1.40. The Bertz CT molecular complexity index is 1210. The lowest BCUT2D eigenvalue weighted by Crippen LogP contribution is -2.27. The van der Waals surface area contributed by atoms with Gasteiger partial charge in [0.05, 0.1) is 27.4 Å². The highest BCUT2D eigenvalue weighted by molar-refractivity contribution is 7.22. The molecule has 0 unspecified atom stereocenters. The summed E-state index contributed by atoms with van der Waals surface area (Å²) in [6.45, 7) is 3.93. The van der Waals surface area contributed by atoms with E-state index in [9.17, 15) is 9.59 Å². The molecule has 0 bridgehead atoms. The molecular weight excluding hydrogens is 348 g/mol. The number of aryl methyl sites for hydroxylation is 2. The highest BCUT2D eigenvalue weighted by Gasteiger charge is 2.12. The fourth-order valence-electron chi connectivity index (χ4n) is 2.96. The molecule has 4 aromatic rings. The highest BCUT2D eigenvalue weighted by atomic mass is 32.1. The van der Waals surface area contributed by atoms with Crippen molar-refractivity contribution in [3.8, 4) is 0 Å². The third kappa shape index (κ3) is 2.97. The maximum absolute atomic E-state index is 12.5. The average molecular weight is 364 g/mol. The maximum atomic E-state index is 12.5. The molecule has 26 heavy (non-hydrogen) atoms. The molecule has 2 aromatic carbocycles. The van der Waals surface area contributed by atoms with Crippen molar-refractivity contribution < 1.29 is 4.79 Å². The van der Waals surface area contributed by atoms with E-state index < -0.39 is 0 Å². The minimum Gasteiger partial charge on any atom is -0.300 e. The number of nitrogens with zero attached hydrogens (tertiary/aromatic N) is 3. The molecule has 0 aliphatic carbocycles. The van der Waals surface area contributed by atoms with Crippen LogP contribution in [0.3, 0.4) is 0 Å². The molecule has 0 saturated carbocycles. The standard InChI is InChI=1S/C19H16N4O2S/c1-11-7-12(2)17-15(8-11)26-19(22-17)21-16(24)9-23-10-20-14-6-4-3-5-13(14)18(23)25/h3-8,10H,9H2,1-2H3,(H,21,22,24). The first kappa shape index (κ1) is 16.4. The minimum absolute atomic E-state index is 0.107. The fourth-order valence-corrected chi connectivity index (χ4v) is 4.01. The van der Waals surface area contributed by atoms with Gasteiger partial charge in [-0.3, -0.25) is 14.2 Å². The number of fused-ring (bicyclic) bond motifs is 2. The zero-order valence-corrected chi connectivity index (χ0v) is 15.1. The topological polar surface area (TPSA) is 76.9 Å². The van der Waals surface area contributed by atoms with Crippen molar-refractivity contribution in [3.63, 3.8) is 0 Å². The first-order chi connectivity index (χ1) is 12.5. The summed E-state index contributed by atoms with van der Waals surface area (Å²) in [5.74, 6) is -0.308. The second-order valence-electron chi connectivity index (χ2n) is 6.19. The summed E-state index contributed by atoms with van der Waals surface area (Å²) in [5, 5.41) is 3.81. The van der Waals surface area contributed by atoms with E-state index in [1.54, 1.807) is 18.2 Å². The number of rotatable bonds is 3. The Morgan fingerprint density at radius 1 is 1.23 bits per heavy atom. The SMILES string of the molecule is Cc1cc(C)c2nc(NC(=O)Cn3cnc4ccccc4c3=O)sc2c1. The first-order valence-electron chi connectivity index (χ1n) is 8.13. The van der Waals surface area contributed by atoms with Gasteiger partial charge < -0.3 is 5.32 Å². The van der Waals surface area contributed by atoms with Gasteiger partial charge in [-0.2, -0.15) is 0 Å². The summed E-state index contributed by atoms with van der Waals surface area (Å²) in [7, 11) is 0. The molecule has 0 aliphatic rings. The Labute approximate surface area is 153 Å². The van der Waals surface area contributed by atoms with Crippen LogP contribution in [0.4, 0.5) is 5.13 Å². The number of para-hydroxylation sites is 1. The van der Waals surface area contributed by atoms with Gasteiger partial charge in [0.2, 0.25) is 5.91 Å². The van der Waals surface area contributed by atoms with Crippen LogP contribution in [-0.4, -0.2) is 20.4 Å². The predicted molar refractivity (Wildman–Crippen MR) is 104 cm³/mol. The van der Waals surface area contributed by atoms with Crippen LogP contribution in [0.15, 0.2) is 47.5 Å². The predicted octanol–water partition coefficient (Wildman–Crippen LogP) is 3.26. The number of carbonyl (C=O) groups is 1. The van der Waals surface area contributed by atoms with Gasteiger partial charge >= 0.3 is 0 Å². The Kier molecular flexibility index (Phi) is 4.00. The van der Waals surface area contributed by atoms with Crippen molar-refractivity contribution in [2.24, 2.45) is 0 Å².